The molecule has 1 fully saturated rings. The van der Waals surface area contributed by atoms with Crippen LogP contribution >= 0.6 is 11.3 Å². The van der Waals surface area contributed by atoms with Crippen molar-refractivity contribution in [2.24, 2.45) is 5.92 Å². The van der Waals surface area contributed by atoms with E-state index >= 15 is 0 Å². The Bertz CT molecular complexity index is 624. The molecule has 0 nitrogen and oxygen atoms in total. The predicted octanol–water partition coefficient (Wildman–Crippen LogP) is 7.52. The van der Waals surface area contributed by atoms with Crippen LogP contribution in [-0.2, 0) is 0 Å². The quantitative estimate of drug-likeness (QED) is 0.533. The summed E-state index contributed by atoms with van der Waals surface area (Å²) in [6.45, 7) is 4.39. The number of benzene rings is 1. The summed E-state index contributed by atoms with van der Waals surface area (Å²) in [7, 11) is 0. The lowest BCUT2D eigenvalue weighted by molar-refractivity contribution is 0.308. The summed E-state index contributed by atoms with van der Waals surface area (Å²) < 4.78 is 0. The molecule has 1 saturated carbocycles. The molecule has 0 aliphatic heterocycles. The van der Waals surface area contributed by atoms with Crippen molar-refractivity contribution in [1.82, 2.24) is 0 Å². The van der Waals surface area contributed by atoms with E-state index in [2.05, 4.69) is 62.4 Å². The topological polar surface area (TPSA) is 0 Å². The van der Waals surface area contributed by atoms with Crippen LogP contribution in [0.25, 0.3) is 16.5 Å². The third-order valence-corrected chi connectivity index (χ3v) is 6.27. The molecule has 2 aromatic rings. The predicted molar refractivity (Wildman–Crippen MR) is 104 cm³/mol. The summed E-state index contributed by atoms with van der Waals surface area (Å²) >= 11 is 1.87. The molecule has 1 aliphatic rings. The highest BCUT2D eigenvalue weighted by Gasteiger charge is 2.21. The molecule has 0 amide bonds. The highest BCUT2D eigenvalue weighted by molar-refractivity contribution is 7.16. The SMILES string of the molecule is C/C=C/c1ccc(-c2ccc(C3CCC(CCC)CC3)cc2)s1. The Hall–Kier alpha value is -1.34. The van der Waals surface area contributed by atoms with Gasteiger partial charge in [0.25, 0.3) is 0 Å². The van der Waals surface area contributed by atoms with Crippen LogP contribution in [0.3, 0.4) is 0 Å². The fraction of sp³-hybridized carbons (Fsp3) is 0.455. The molecular weight excluding hydrogens is 296 g/mol. The molecule has 1 aliphatic carbocycles. The van der Waals surface area contributed by atoms with Gasteiger partial charge in [-0.2, -0.15) is 0 Å². The molecule has 0 unspecified atom stereocenters. The molecule has 1 heteroatoms. The van der Waals surface area contributed by atoms with E-state index in [1.165, 1.54) is 53.8 Å². The number of allylic oxidation sites excluding steroid dienone is 1. The second-order valence-corrected chi connectivity index (χ2v) is 7.95. The Kier molecular flexibility index (Phi) is 5.72. The second kappa shape index (κ2) is 7.97. The minimum Gasteiger partial charge on any atom is -0.136 e. The minimum absolute atomic E-state index is 0.791. The molecule has 1 heterocycles. The lowest BCUT2D eigenvalue weighted by atomic mass is 9.77. The van der Waals surface area contributed by atoms with E-state index in [1.807, 2.05) is 11.3 Å². The molecule has 0 saturated heterocycles. The Morgan fingerprint density at radius 2 is 1.74 bits per heavy atom. The van der Waals surface area contributed by atoms with Crippen molar-refractivity contribution in [2.45, 2.75) is 58.3 Å². The third-order valence-electron chi connectivity index (χ3n) is 5.17. The van der Waals surface area contributed by atoms with Crippen LogP contribution in [0.2, 0.25) is 0 Å². The van der Waals surface area contributed by atoms with Crippen LogP contribution < -0.4 is 0 Å². The molecule has 0 spiro atoms. The largest absolute Gasteiger partial charge is 0.136 e. The molecule has 0 atom stereocenters. The average Bonchev–Trinajstić information content (AvgIpc) is 3.05. The normalized spacial score (nSPS) is 21.8. The van der Waals surface area contributed by atoms with Gasteiger partial charge in [0.05, 0.1) is 0 Å². The Morgan fingerprint density at radius 3 is 2.39 bits per heavy atom. The Balaban J connectivity index is 1.65. The van der Waals surface area contributed by atoms with Crippen LogP contribution in [0.15, 0.2) is 42.5 Å². The van der Waals surface area contributed by atoms with Crippen LogP contribution in [-0.4, -0.2) is 0 Å². The zero-order valence-electron chi connectivity index (χ0n) is 14.4. The van der Waals surface area contributed by atoms with Gasteiger partial charge in [0.1, 0.15) is 0 Å². The monoisotopic (exact) mass is 324 g/mol. The first-order chi connectivity index (χ1) is 11.3. The summed E-state index contributed by atoms with van der Waals surface area (Å²) in [6.07, 6.45) is 12.7. The van der Waals surface area contributed by atoms with Gasteiger partial charge in [-0.05, 0) is 73.8 Å². The number of thiophene rings is 1. The first-order valence-corrected chi connectivity index (χ1v) is 9.94. The number of hydrogen-bond donors (Lipinski definition) is 0. The van der Waals surface area contributed by atoms with E-state index in [0.29, 0.717) is 0 Å². The molecule has 1 aromatic heterocycles. The summed E-state index contributed by atoms with van der Waals surface area (Å²) in [5.74, 6) is 1.78. The van der Waals surface area contributed by atoms with E-state index in [0.717, 1.165) is 11.8 Å². The maximum atomic E-state index is 2.37. The summed E-state index contributed by atoms with van der Waals surface area (Å²) in [6, 6.07) is 13.8. The lowest BCUT2D eigenvalue weighted by Gasteiger charge is -2.28. The van der Waals surface area contributed by atoms with Gasteiger partial charge in [-0.3, -0.25) is 0 Å². The molecule has 3 rings (SSSR count). The van der Waals surface area contributed by atoms with Gasteiger partial charge in [-0.1, -0.05) is 50.1 Å². The molecule has 0 bridgehead atoms. The fourth-order valence-electron chi connectivity index (χ4n) is 3.87. The first kappa shape index (κ1) is 16.5. The average molecular weight is 325 g/mol. The lowest BCUT2D eigenvalue weighted by Crippen LogP contribution is -2.13. The van der Waals surface area contributed by atoms with Crippen molar-refractivity contribution in [3.8, 4) is 10.4 Å². The van der Waals surface area contributed by atoms with Gasteiger partial charge in [-0.25, -0.2) is 0 Å². The van der Waals surface area contributed by atoms with Gasteiger partial charge >= 0.3 is 0 Å². The molecule has 0 radical (unpaired) electrons. The van der Waals surface area contributed by atoms with E-state index < -0.39 is 0 Å². The Labute approximate surface area is 145 Å². The van der Waals surface area contributed by atoms with E-state index in [-0.39, 0.29) is 0 Å². The van der Waals surface area contributed by atoms with Gasteiger partial charge < -0.3 is 0 Å². The van der Waals surface area contributed by atoms with E-state index in [9.17, 15) is 0 Å². The molecular formula is C22H28S. The van der Waals surface area contributed by atoms with Gasteiger partial charge in [0.2, 0.25) is 0 Å². The highest BCUT2D eigenvalue weighted by atomic mass is 32.1. The standard InChI is InChI=1S/C22H28S/c1-3-5-17-7-9-18(10-8-17)19-11-13-20(14-12-19)22-16-15-21(23-22)6-4-2/h4,6,11-18H,3,5,7-10H2,1-2H3/b6-4+. The fourth-order valence-corrected chi connectivity index (χ4v) is 4.86. The minimum atomic E-state index is 0.791. The van der Waals surface area contributed by atoms with Crippen molar-refractivity contribution < 1.29 is 0 Å². The number of hydrogen-bond acceptors (Lipinski definition) is 1. The first-order valence-electron chi connectivity index (χ1n) is 9.13. The summed E-state index contributed by atoms with van der Waals surface area (Å²) in [5, 5.41) is 0. The Morgan fingerprint density at radius 1 is 1.00 bits per heavy atom. The van der Waals surface area contributed by atoms with Crippen molar-refractivity contribution in [3.63, 3.8) is 0 Å². The molecule has 1 aromatic carbocycles. The van der Waals surface area contributed by atoms with Crippen molar-refractivity contribution in [1.29, 1.82) is 0 Å². The zero-order valence-corrected chi connectivity index (χ0v) is 15.2. The van der Waals surface area contributed by atoms with E-state index in [1.54, 1.807) is 5.56 Å². The summed E-state index contributed by atoms with van der Waals surface area (Å²) in [4.78, 5) is 2.71. The molecule has 122 valence electrons. The van der Waals surface area contributed by atoms with Crippen molar-refractivity contribution in [3.05, 3.63) is 52.9 Å². The van der Waals surface area contributed by atoms with Crippen LogP contribution in [0, 0.1) is 5.92 Å². The number of rotatable bonds is 5. The smallest absolute Gasteiger partial charge is 0.0349 e. The van der Waals surface area contributed by atoms with Gasteiger partial charge in [-0.15, -0.1) is 11.3 Å². The van der Waals surface area contributed by atoms with Gasteiger partial charge in [0, 0.05) is 9.75 Å². The summed E-state index contributed by atoms with van der Waals surface area (Å²) in [5.41, 5.74) is 2.91. The van der Waals surface area contributed by atoms with Crippen molar-refractivity contribution >= 4 is 17.4 Å². The van der Waals surface area contributed by atoms with Gasteiger partial charge in [0.15, 0.2) is 0 Å². The second-order valence-electron chi connectivity index (χ2n) is 6.83. The van der Waals surface area contributed by atoms with Crippen LogP contribution in [0.5, 0.6) is 0 Å². The maximum Gasteiger partial charge on any atom is 0.0349 e. The zero-order chi connectivity index (χ0) is 16.1. The third kappa shape index (κ3) is 4.14. The molecule has 23 heavy (non-hydrogen) atoms. The highest BCUT2D eigenvalue weighted by Crippen LogP contribution is 2.38. The van der Waals surface area contributed by atoms with Crippen LogP contribution in [0.1, 0.15) is 68.7 Å². The van der Waals surface area contributed by atoms with E-state index in [4.69, 9.17) is 0 Å². The maximum absolute atomic E-state index is 2.37. The van der Waals surface area contributed by atoms with Crippen LogP contribution in [0.4, 0.5) is 0 Å². The van der Waals surface area contributed by atoms with Crippen molar-refractivity contribution in [2.75, 3.05) is 0 Å². The molecule has 0 N–H and O–H groups in total.